The predicted octanol–water partition coefficient (Wildman–Crippen LogP) is 1.68. The van der Waals surface area contributed by atoms with Crippen molar-refractivity contribution in [2.75, 3.05) is 17.3 Å². The fraction of sp³-hybridized carbons (Fsp3) is 0.350. The van der Waals surface area contributed by atoms with Gasteiger partial charge < -0.3 is 21.3 Å². The summed E-state index contributed by atoms with van der Waals surface area (Å²) in [7, 11) is 1.87. The van der Waals surface area contributed by atoms with E-state index in [1.54, 1.807) is 0 Å². The third-order valence-corrected chi connectivity index (χ3v) is 5.02. The predicted molar refractivity (Wildman–Crippen MR) is 111 cm³/mol. The van der Waals surface area contributed by atoms with E-state index < -0.39 is 5.91 Å². The Morgan fingerprint density at radius 1 is 1.24 bits per heavy atom. The van der Waals surface area contributed by atoms with Gasteiger partial charge in [-0.15, -0.1) is 10.2 Å². The van der Waals surface area contributed by atoms with Crippen LogP contribution in [0.1, 0.15) is 35.3 Å². The van der Waals surface area contributed by atoms with Gasteiger partial charge in [-0.05, 0) is 44.4 Å². The molecule has 2 aromatic rings. The first-order chi connectivity index (χ1) is 13.9. The van der Waals surface area contributed by atoms with E-state index in [0.717, 1.165) is 30.5 Å². The molecule has 4 N–H and O–H groups in total. The van der Waals surface area contributed by atoms with Crippen LogP contribution in [-0.2, 0) is 4.79 Å². The average Bonchev–Trinajstić information content (AvgIpc) is 3.17. The van der Waals surface area contributed by atoms with E-state index in [1.165, 1.54) is 6.08 Å². The van der Waals surface area contributed by atoms with E-state index in [9.17, 15) is 9.59 Å². The molecule has 0 aliphatic heterocycles. The summed E-state index contributed by atoms with van der Waals surface area (Å²) >= 11 is 0. The van der Waals surface area contributed by atoms with Crippen molar-refractivity contribution in [3.05, 3.63) is 48.2 Å². The number of carbonyl (C=O) groups is 2. The zero-order valence-corrected chi connectivity index (χ0v) is 16.6. The molecule has 0 radical (unpaired) electrons. The molecule has 9 heteroatoms. The van der Waals surface area contributed by atoms with Crippen molar-refractivity contribution in [2.45, 2.75) is 38.3 Å². The maximum Gasteiger partial charge on any atom is 0.273 e. The van der Waals surface area contributed by atoms with Crippen LogP contribution in [0.15, 0.2) is 36.9 Å². The Labute approximate surface area is 169 Å². The van der Waals surface area contributed by atoms with E-state index in [2.05, 4.69) is 32.4 Å². The molecule has 1 unspecified atom stereocenters. The van der Waals surface area contributed by atoms with Crippen LogP contribution in [0.4, 0.5) is 17.5 Å². The summed E-state index contributed by atoms with van der Waals surface area (Å²) in [5.74, 6) is -0.244. The van der Waals surface area contributed by atoms with Gasteiger partial charge in [-0.1, -0.05) is 24.3 Å². The molecule has 1 heterocycles. The summed E-state index contributed by atoms with van der Waals surface area (Å²) < 4.78 is 0. The Morgan fingerprint density at radius 2 is 1.97 bits per heavy atom. The van der Waals surface area contributed by atoms with Crippen molar-refractivity contribution < 1.29 is 9.59 Å². The largest absolute Gasteiger partial charge is 0.364 e. The van der Waals surface area contributed by atoms with Crippen LogP contribution in [0.3, 0.4) is 0 Å². The van der Waals surface area contributed by atoms with E-state index in [4.69, 9.17) is 5.73 Å². The molecule has 29 heavy (non-hydrogen) atoms. The summed E-state index contributed by atoms with van der Waals surface area (Å²) in [4.78, 5) is 29.7. The minimum atomic E-state index is -0.707. The van der Waals surface area contributed by atoms with Crippen molar-refractivity contribution in [3.63, 3.8) is 0 Å². The van der Waals surface area contributed by atoms with Crippen LogP contribution in [0.2, 0.25) is 0 Å². The maximum absolute atomic E-state index is 11.8. The number of amides is 2. The van der Waals surface area contributed by atoms with Crippen molar-refractivity contribution in [1.82, 2.24) is 20.5 Å². The van der Waals surface area contributed by atoms with Gasteiger partial charge in [-0.25, -0.2) is 0 Å². The lowest BCUT2D eigenvalue weighted by Crippen LogP contribution is -2.36. The summed E-state index contributed by atoms with van der Waals surface area (Å²) in [6.45, 7) is 5.47. The first-order valence-corrected chi connectivity index (χ1v) is 9.41. The Hall–Kier alpha value is -3.49. The van der Waals surface area contributed by atoms with Crippen LogP contribution in [-0.4, -0.2) is 46.1 Å². The number of primary amides is 1. The maximum atomic E-state index is 11.8. The van der Waals surface area contributed by atoms with Crippen LogP contribution >= 0.6 is 0 Å². The highest BCUT2D eigenvalue weighted by Crippen LogP contribution is 2.27. The van der Waals surface area contributed by atoms with Crippen molar-refractivity contribution in [1.29, 1.82) is 0 Å². The van der Waals surface area contributed by atoms with E-state index in [0.29, 0.717) is 5.95 Å². The summed E-state index contributed by atoms with van der Waals surface area (Å²) in [6, 6.07) is 7.88. The summed E-state index contributed by atoms with van der Waals surface area (Å²) in [5, 5.41) is 14.1. The van der Waals surface area contributed by atoms with Gasteiger partial charge in [-0.3, -0.25) is 9.59 Å². The van der Waals surface area contributed by atoms with Crippen molar-refractivity contribution in [3.8, 4) is 0 Å². The molecule has 2 amide bonds. The first-order valence-electron chi connectivity index (χ1n) is 9.41. The minimum absolute atomic E-state index is 0.0229. The number of benzene rings is 1. The number of nitrogens with two attached hydrogens (primary N) is 1. The number of carbonyl (C=O) groups excluding carboxylic acids is 2. The topological polar surface area (TPSA) is 126 Å². The molecule has 3 rings (SSSR count). The van der Waals surface area contributed by atoms with Gasteiger partial charge in [0.1, 0.15) is 0 Å². The Balaban J connectivity index is 1.79. The van der Waals surface area contributed by atoms with Crippen molar-refractivity contribution >= 4 is 29.3 Å². The molecule has 0 saturated heterocycles. The SMILES string of the molecule is C=CC(=O)NC1CC[C@@H](N(C)c2nnc(C(N)=O)c(Nc3ccc(C)cc3)n2)C1. The minimum Gasteiger partial charge on any atom is -0.364 e. The van der Waals surface area contributed by atoms with Crippen LogP contribution in [0.5, 0.6) is 0 Å². The van der Waals surface area contributed by atoms with Crippen LogP contribution in [0.25, 0.3) is 0 Å². The standard InChI is InChI=1S/C20H25N7O2/c1-4-16(28)22-14-9-10-15(11-14)27(3)20-24-19(17(18(21)29)25-26-20)23-13-7-5-12(2)6-8-13/h4-8,14-15H,1,9-11H2,2-3H3,(H2,21,29)(H,22,28)(H,23,24,26)/t14?,15-/m1/s1. The molecule has 1 aromatic carbocycles. The molecule has 1 aliphatic rings. The lowest BCUT2D eigenvalue weighted by Gasteiger charge is -2.25. The number of rotatable bonds is 7. The average molecular weight is 395 g/mol. The summed E-state index contributed by atoms with van der Waals surface area (Å²) in [6.07, 6.45) is 3.77. The second kappa shape index (κ2) is 8.68. The first kappa shape index (κ1) is 20.2. The zero-order chi connectivity index (χ0) is 21.0. The van der Waals surface area contributed by atoms with Gasteiger partial charge in [0.05, 0.1) is 0 Å². The van der Waals surface area contributed by atoms with E-state index in [1.807, 2.05) is 43.1 Å². The Morgan fingerprint density at radius 3 is 2.62 bits per heavy atom. The highest BCUT2D eigenvalue weighted by molar-refractivity contribution is 5.96. The second-order valence-electron chi connectivity index (χ2n) is 7.15. The number of hydrogen-bond acceptors (Lipinski definition) is 7. The number of hydrogen-bond donors (Lipinski definition) is 3. The lowest BCUT2D eigenvalue weighted by molar-refractivity contribution is -0.117. The molecular formula is C20H25N7O2. The zero-order valence-electron chi connectivity index (χ0n) is 16.6. The van der Waals surface area contributed by atoms with Gasteiger partial charge >= 0.3 is 0 Å². The quantitative estimate of drug-likeness (QED) is 0.609. The monoisotopic (exact) mass is 395 g/mol. The molecule has 1 aliphatic carbocycles. The number of anilines is 3. The number of aryl methyl sites for hydroxylation is 1. The molecular weight excluding hydrogens is 370 g/mol. The molecule has 9 nitrogen and oxygen atoms in total. The normalized spacial score (nSPS) is 18.1. The van der Waals surface area contributed by atoms with Gasteiger partial charge in [0.2, 0.25) is 11.9 Å². The Kier molecular flexibility index (Phi) is 6.06. The van der Waals surface area contributed by atoms with Crippen LogP contribution < -0.4 is 21.3 Å². The lowest BCUT2D eigenvalue weighted by atomic mass is 10.2. The van der Waals surface area contributed by atoms with Gasteiger partial charge in [0.25, 0.3) is 5.91 Å². The highest BCUT2D eigenvalue weighted by atomic mass is 16.2. The number of nitrogens with one attached hydrogen (secondary N) is 2. The van der Waals surface area contributed by atoms with E-state index >= 15 is 0 Å². The number of aromatic nitrogens is 3. The fourth-order valence-electron chi connectivity index (χ4n) is 3.36. The summed E-state index contributed by atoms with van der Waals surface area (Å²) in [5.41, 5.74) is 7.29. The molecule has 1 fully saturated rings. The van der Waals surface area contributed by atoms with Gasteiger partial charge in [-0.2, -0.15) is 4.98 Å². The third-order valence-electron chi connectivity index (χ3n) is 5.02. The third kappa shape index (κ3) is 4.87. The van der Waals surface area contributed by atoms with Crippen molar-refractivity contribution in [2.24, 2.45) is 5.73 Å². The van der Waals surface area contributed by atoms with Crippen LogP contribution in [0, 0.1) is 6.92 Å². The van der Waals surface area contributed by atoms with Gasteiger partial charge in [0, 0.05) is 24.8 Å². The molecule has 152 valence electrons. The fourth-order valence-corrected chi connectivity index (χ4v) is 3.36. The molecule has 1 aromatic heterocycles. The van der Waals surface area contributed by atoms with E-state index in [-0.39, 0.29) is 29.5 Å². The highest BCUT2D eigenvalue weighted by Gasteiger charge is 2.30. The van der Waals surface area contributed by atoms with Gasteiger partial charge in [0.15, 0.2) is 11.5 Å². The molecule has 0 bridgehead atoms. The molecule has 1 saturated carbocycles. The smallest absolute Gasteiger partial charge is 0.273 e. The Bertz CT molecular complexity index is 914. The second-order valence-corrected chi connectivity index (χ2v) is 7.15. The number of nitrogens with zero attached hydrogens (tertiary/aromatic N) is 4. The molecule has 0 spiro atoms. The molecule has 2 atom stereocenters.